The molecule has 4 nitrogen and oxygen atoms in total. The lowest BCUT2D eigenvalue weighted by atomic mass is 9.99. The fourth-order valence-corrected chi connectivity index (χ4v) is 2.22. The molecule has 0 aromatic heterocycles. The van der Waals surface area contributed by atoms with Gasteiger partial charge in [0.05, 0.1) is 11.7 Å². The Morgan fingerprint density at radius 2 is 2.24 bits per heavy atom. The number of hydrogen-bond donors (Lipinski definition) is 2. The lowest BCUT2D eigenvalue weighted by molar-refractivity contribution is 0.0548. The normalized spacial score (nSPS) is 24.2. The molecular formula is C13H28N2O2. The number of aliphatic hydroxyl groups is 1. The smallest absolute Gasteiger partial charge is 0.0741 e. The van der Waals surface area contributed by atoms with Crippen molar-refractivity contribution in [3.05, 3.63) is 0 Å². The van der Waals surface area contributed by atoms with E-state index in [1.807, 2.05) is 6.92 Å². The number of nitrogens with two attached hydrogens (primary N) is 1. The molecule has 0 aromatic rings. The van der Waals surface area contributed by atoms with Gasteiger partial charge in [-0.25, -0.2) is 0 Å². The summed E-state index contributed by atoms with van der Waals surface area (Å²) in [6.45, 7) is 5.19. The van der Waals surface area contributed by atoms with Gasteiger partial charge in [-0.2, -0.15) is 0 Å². The molecule has 2 atom stereocenters. The number of hydrogen-bond acceptors (Lipinski definition) is 4. The molecule has 0 aliphatic carbocycles. The van der Waals surface area contributed by atoms with Crippen molar-refractivity contribution in [2.45, 2.75) is 50.7 Å². The monoisotopic (exact) mass is 244 g/mol. The average molecular weight is 244 g/mol. The van der Waals surface area contributed by atoms with E-state index in [0.717, 1.165) is 39.0 Å². The van der Waals surface area contributed by atoms with E-state index in [4.69, 9.17) is 10.5 Å². The van der Waals surface area contributed by atoms with Crippen LogP contribution in [0, 0.1) is 0 Å². The second-order valence-corrected chi connectivity index (χ2v) is 5.56. The molecule has 2 unspecified atom stereocenters. The molecule has 0 aromatic carbocycles. The SMILES string of the molecule is CN(CCCCC(C)(O)CN)CC1CCCO1. The molecule has 1 aliphatic heterocycles. The lowest BCUT2D eigenvalue weighted by Gasteiger charge is -2.23. The molecule has 4 heteroatoms. The van der Waals surface area contributed by atoms with Crippen molar-refractivity contribution in [3.8, 4) is 0 Å². The average Bonchev–Trinajstić information content (AvgIpc) is 2.77. The Hall–Kier alpha value is -0.160. The molecule has 0 bridgehead atoms. The van der Waals surface area contributed by atoms with Crippen molar-refractivity contribution in [1.82, 2.24) is 4.90 Å². The minimum Gasteiger partial charge on any atom is -0.389 e. The van der Waals surface area contributed by atoms with Gasteiger partial charge < -0.3 is 20.5 Å². The van der Waals surface area contributed by atoms with Gasteiger partial charge in [0, 0.05) is 19.7 Å². The number of ether oxygens (including phenoxy) is 1. The van der Waals surface area contributed by atoms with Gasteiger partial charge in [0.2, 0.25) is 0 Å². The zero-order valence-electron chi connectivity index (χ0n) is 11.3. The number of nitrogens with zero attached hydrogens (tertiary/aromatic N) is 1. The fourth-order valence-electron chi connectivity index (χ4n) is 2.22. The molecule has 1 heterocycles. The van der Waals surface area contributed by atoms with Gasteiger partial charge in [-0.05, 0) is 52.6 Å². The molecule has 0 spiro atoms. The first kappa shape index (κ1) is 14.9. The van der Waals surface area contributed by atoms with Crippen LogP contribution in [0.3, 0.4) is 0 Å². The summed E-state index contributed by atoms with van der Waals surface area (Å²) < 4.78 is 5.60. The first-order chi connectivity index (χ1) is 8.03. The molecule has 1 rings (SSSR count). The maximum atomic E-state index is 9.76. The summed E-state index contributed by atoms with van der Waals surface area (Å²) in [5.74, 6) is 0. The van der Waals surface area contributed by atoms with E-state index >= 15 is 0 Å². The zero-order valence-corrected chi connectivity index (χ0v) is 11.3. The number of likely N-dealkylation sites (N-methyl/N-ethyl adjacent to an activating group) is 1. The predicted molar refractivity (Wildman–Crippen MR) is 70.0 cm³/mol. The summed E-state index contributed by atoms with van der Waals surface area (Å²) in [6.07, 6.45) is 5.77. The largest absolute Gasteiger partial charge is 0.389 e. The highest BCUT2D eigenvalue weighted by Gasteiger charge is 2.18. The van der Waals surface area contributed by atoms with E-state index < -0.39 is 5.60 Å². The van der Waals surface area contributed by atoms with Crippen molar-refractivity contribution in [2.75, 3.05) is 33.3 Å². The topological polar surface area (TPSA) is 58.7 Å². The van der Waals surface area contributed by atoms with Gasteiger partial charge >= 0.3 is 0 Å². The van der Waals surface area contributed by atoms with Crippen molar-refractivity contribution in [2.24, 2.45) is 5.73 Å². The van der Waals surface area contributed by atoms with Gasteiger partial charge in [-0.3, -0.25) is 0 Å². The third-order valence-electron chi connectivity index (χ3n) is 3.48. The quantitative estimate of drug-likeness (QED) is 0.625. The van der Waals surface area contributed by atoms with Crippen LogP contribution in [-0.2, 0) is 4.74 Å². The van der Waals surface area contributed by atoms with Crippen LogP contribution in [0.5, 0.6) is 0 Å². The molecular weight excluding hydrogens is 216 g/mol. The Kier molecular flexibility index (Phi) is 6.41. The predicted octanol–water partition coefficient (Wildman–Crippen LogP) is 0.977. The second-order valence-electron chi connectivity index (χ2n) is 5.56. The zero-order chi connectivity index (χ0) is 12.7. The number of rotatable bonds is 8. The Labute approximate surface area is 105 Å². The molecule has 3 N–H and O–H groups in total. The minimum atomic E-state index is -0.687. The molecule has 17 heavy (non-hydrogen) atoms. The highest BCUT2D eigenvalue weighted by atomic mass is 16.5. The summed E-state index contributed by atoms with van der Waals surface area (Å²) >= 11 is 0. The van der Waals surface area contributed by atoms with Gasteiger partial charge in [0.15, 0.2) is 0 Å². The third-order valence-corrected chi connectivity index (χ3v) is 3.48. The summed E-state index contributed by atoms with van der Waals surface area (Å²) in [4.78, 5) is 2.33. The van der Waals surface area contributed by atoms with Crippen LogP contribution in [0.1, 0.15) is 39.0 Å². The van der Waals surface area contributed by atoms with Crippen LogP contribution in [0.25, 0.3) is 0 Å². The van der Waals surface area contributed by atoms with Gasteiger partial charge in [0.25, 0.3) is 0 Å². The van der Waals surface area contributed by atoms with Crippen LogP contribution in [0.4, 0.5) is 0 Å². The van der Waals surface area contributed by atoms with Crippen LogP contribution in [-0.4, -0.2) is 55.0 Å². The van der Waals surface area contributed by atoms with Crippen LogP contribution in [0.15, 0.2) is 0 Å². The molecule has 0 amide bonds. The standard InChI is InChI=1S/C13H28N2O2/c1-13(16,11-14)7-3-4-8-15(2)10-12-6-5-9-17-12/h12,16H,3-11,14H2,1-2H3. The molecule has 102 valence electrons. The van der Waals surface area contributed by atoms with E-state index in [-0.39, 0.29) is 0 Å². The van der Waals surface area contributed by atoms with E-state index in [9.17, 15) is 5.11 Å². The fraction of sp³-hybridized carbons (Fsp3) is 1.00. The second kappa shape index (κ2) is 7.31. The summed E-state index contributed by atoms with van der Waals surface area (Å²) in [5, 5.41) is 9.76. The summed E-state index contributed by atoms with van der Waals surface area (Å²) in [5.41, 5.74) is 4.79. The van der Waals surface area contributed by atoms with Gasteiger partial charge in [0.1, 0.15) is 0 Å². The van der Waals surface area contributed by atoms with Gasteiger partial charge in [-0.15, -0.1) is 0 Å². The van der Waals surface area contributed by atoms with Crippen molar-refractivity contribution >= 4 is 0 Å². The summed E-state index contributed by atoms with van der Waals surface area (Å²) in [6, 6.07) is 0. The molecule has 0 saturated carbocycles. The highest BCUT2D eigenvalue weighted by molar-refractivity contribution is 4.73. The van der Waals surface area contributed by atoms with Crippen LogP contribution in [0.2, 0.25) is 0 Å². The third kappa shape index (κ3) is 6.36. The van der Waals surface area contributed by atoms with E-state index in [1.54, 1.807) is 0 Å². The van der Waals surface area contributed by atoms with Crippen molar-refractivity contribution in [3.63, 3.8) is 0 Å². The Bertz CT molecular complexity index is 204. The Balaban J connectivity index is 2.01. The Morgan fingerprint density at radius 3 is 2.82 bits per heavy atom. The van der Waals surface area contributed by atoms with Crippen molar-refractivity contribution < 1.29 is 9.84 Å². The lowest BCUT2D eigenvalue weighted by Crippen LogP contribution is -2.34. The maximum absolute atomic E-state index is 9.76. The first-order valence-electron chi connectivity index (χ1n) is 6.76. The molecule has 1 saturated heterocycles. The maximum Gasteiger partial charge on any atom is 0.0741 e. The summed E-state index contributed by atoms with van der Waals surface area (Å²) in [7, 11) is 2.14. The van der Waals surface area contributed by atoms with E-state index in [2.05, 4.69) is 11.9 Å². The molecule has 1 fully saturated rings. The van der Waals surface area contributed by atoms with E-state index in [0.29, 0.717) is 12.6 Å². The molecule has 1 aliphatic rings. The van der Waals surface area contributed by atoms with Crippen LogP contribution >= 0.6 is 0 Å². The molecule has 0 radical (unpaired) electrons. The van der Waals surface area contributed by atoms with Gasteiger partial charge in [-0.1, -0.05) is 0 Å². The Morgan fingerprint density at radius 1 is 1.47 bits per heavy atom. The van der Waals surface area contributed by atoms with Crippen molar-refractivity contribution in [1.29, 1.82) is 0 Å². The van der Waals surface area contributed by atoms with Crippen LogP contribution < -0.4 is 5.73 Å². The minimum absolute atomic E-state index is 0.346. The highest BCUT2D eigenvalue weighted by Crippen LogP contribution is 2.14. The first-order valence-corrected chi connectivity index (χ1v) is 6.76. The van der Waals surface area contributed by atoms with E-state index in [1.165, 1.54) is 12.8 Å². The number of unbranched alkanes of at least 4 members (excludes halogenated alkanes) is 1.